The fraction of sp³-hybridized carbons (Fsp3) is 0.800. The van der Waals surface area contributed by atoms with E-state index < -0.39 is 0 Å². The molecule has 23 heavy (non-hydrogen) atoms. The zero-order valence-electron chi connectivity index (χ0n) is 13.5. The van der Waals surface area contributed by atoms with Gasteiger partial charge in [0.1, 0.15) is 0 Å². The smallest absolute Gasteiger partial charge is 0.183 e. The fourth-order valence-corrected chi connectivity index (χ4v) is 2.94. The molecule has 2 rings (SSSR count). The average Bonchev–Trinajstić information content (AvgIpc) is 3.01. The molecule has 1 aliphatic rings. The van der Waals surface area contributed by atoms with Crippen LogP contribution in [0.5, 0.6) is 0 Å². The van der Waals surface area contributed by atoms with Gasteiger partial charge in [-0.25, -0.2) is 4.98 Å². The van der Waals surface area contributed by atoms with Crippen LogP contribution in [0.2, 0.25) is 0 Å². The molecule has 0 saturated carbocycles. The van der Waals surface area contributed by atoms with Crippen LogP contribution in [0.15, 0.2) is 5.38 Å². The first kappa shape index (κ1) is 18.6. The number of nitrogens with zero attached hydrogens (tertiary/aromatic N) is 1. The minimum Gasteiger partial charge on any atom is -0.379 e. The van der Waals surface area contributed by atoms with Crippen molar-refractivity contribution >= 4 is 16.5 Å². The van der Waals surface area contributed by atoms with Gasteiger partial charge in [-0.05, 0) is 12.8 Å². The van der Waals surface area contributed by atoms with E-state index in [1.54, 1.807) is 11.3 Å². The maximum Gasteiger partial charge on any atom is 0.183 e. The summed E-state index contributed by atoms with van der Waals surface area (Å²) in [5.74, 6) is 0. The summed E-state index contributed by atoms with van der Waals surface area (Å²) in [5.41, 5.74) is 6.26. The lowest BCUT2D eigenvalue weighted by atomic mass is 10.1. The summed E-state index contributed by atoms with van der Waals surface area (Å²) < 4.78 is 21.6. The highest BCUT2D eigenvalue weighted by molar-refractivity contribution is 7.13. The molecule has 7 nitrogen and oxygen atoms in total. The summed E-state index contributed by atoms with van der Waals surface area (Å²) in [5, 5.41) is 6.37. The minimum atomic E-state index is 0.374. The molecule has 0 spiro atoms. The standard InChI is InChI=1S/C15H27N3O4S/c16-3-5-19-6-7-20-8-9-22-11-14-12-23-15(18-14)17-13-2-1-4-21-10-13/h12-13H,1-11,16H2,(H,17,18). The Labute approximate surface area is 141 Å². The van der Waals surface area contributed by atoms with Crippen molar-refractivity contribution in [3.63, 3.8) is 0 Å². The second-order valence-electron chi connectivity index (χ2n) is 5.27. The molecule has 0 aromatic carbocycles. The molecule has 8 heteroatoms. The molecule has 3 N–H and O–H groups in total. The first-order valence-electron chi connectivity index (χ1n) is 8.10. The summed E-state index contributed by atoms with van der Waals surface area (Å²) in [7, 11) is 0. The van der Waals surface area contributed by atoms with E-state index in [4.69, 9.17) is 24.7 Å². The lowest BCUT2D eigenvalue weighted by Gasteiger charge is -2.22. The molecular formula is C15H27N3O4S. The van der Waals surface area contributed by atoms with Gasteiger partial charge in [-0.2, -0.15) is 0 Å². The maximum atomic E-state index is 5.56. The van der Waals surface area contributed by atoms with Gasteiger partial charge >= 0.3 is 0 Å². The van der Waals surface area contributed by atoms with Crippen molar-refractivity contribution in [1.82, 2.24) is 4.98 Å². The molecule has 1 fully saturated rings. The summed E-state index contributed by atoms with van der Waals surface area (Å²) in [6.07, 6.45) is 2.24. The van der Waals surface area contributed by atoms with Gasteiger partial charge in [-0.1, -0.05) is 0 Å². The third kappa shape index (κ3) is 8.05. The number of rotatable bonds is 12. The topological polar surface area (TPSA) is 87.9 Å². The number of nitrogens with two attached hydrogens (primary N) is 1. The second-order valence-corrected chi connectivity index (χ2v) is 6.13. The van der Waals surface area contributed by atoms with Gasteiger partial charge in [-0.15, -0.1) is 11.3 Å². The van der Waals surface area contributed by atoms with Crippen LogP contribution in [-0.2, 0) is 25.6 Å². The summed E-state index contributed by atoms with van der Waals surface area (Å²) in [4.78, 5) is 4.53. The maximum absolute atomic E-state index is 5.56. The van der Waals surface area contributed by atoms with Gasteiger partial charge < -0.3 is 30.0 Å². The molecule has 1 saturated heterocycles. The van der Waals surface area contributed by atoms with Gasteiger partial charge in [0, 0.05) is 18.5 Å². The monoisotopic (exact) mass is 345 g/mol. The first-order chi connectivity index (χ1) is 11.4. The van der Waals surface area contributed by atoms with E-state index in [0.29, 0.717) is 52.2 Å². The van der Waals surface area contributed by atoms with E-state index in [2.05, 4.69) is 10.3 Å². The van der Waals surface area contributed by atoms with Gasteiger partial charge in [0.25, 0.3) is 0 Å². The SMILES string of the molecule is NCCOCCOCCOCc1csc(NC2CCCOC2)n1. The Bertz CT molecular complexity index is 413. The van der Waals surface area contributed by atoms with Gasteiger partial charge in [-0.3, -0.25) is 0 Å². The average molecular weight is 345 g/mol. The highest BCUT2D eigenvalue weighted by Gasteiger charge is 2.14. The number of aromatic nitrogens is 1. The number of anilines is 1. The molecule has 0 radical (unpaired) electrons. The normalized spacial score (nSPS) is 18.2. The molecule has 1 aromatic rings. The number of hydrogen-bond acceptors (Lipinski definition) is 8. The zero-order valence-corrected chi connectivity index (χ0v) is 14.3. The number of ether oxygens (including phenoxy) is 4. The Morgan fingerprint density at radius 1 is 1.22 bits per heavy atom. The zero-order chi connectivity index (χ0) is 16.2. The fourth-order valence-electron chi connectivity index (χ4n) is 2.17. The molecule has 132 valence electrons. The van der Waals surface area contributed by atoms with E-state index in [1.165, 1.54) is 0 Å². The Balaban J connectivity index is 1.49. The minimum absolute atomic E-state index is 0.374. The van der Waals surface area contributed by atoms with E-state index in [0.717, 1.165) is 36.9 Å². The molecule has 1 aromatic heterocycles. The Hall–Kier alpha value is -0.770. The predicted molar refractivity (Wildman–Crippen MR) is 89.9 cm³/mol. The van der Waals surface area contributed by atoms with Gasteiger partial charge in [0.15, 0.2) is 5.13 Å². The number of thiazole rings is 1. The molecule has 0 amide bonds. The van der Waals surface area contributed by atoms with Gasteiger partial charge in [0.05, 0.1) is 58.0 Å². The molecule has 0 aliphatic carbocycles. The summed E-state index contributed by atoms with van der Waals surface area (Å²) in [6, 6.07) is 0.374. The van der Waals surface area contributed by atoms with Crippen molar-refractivity contribution in [3.8, 4) is 0 Å². The van der Waals surface area contributed by atoms with Crippen molar-refractivity contribution < 1.29 is 18.9 Å². The molecule has 1 aliphatic heterocycles. The number of hydrogen-bond donors (Lipinski definition) is 2. The highest BCUT2D eigenvalue weighted by Crippen LogP contribution is 2.19. The van der Waals surface area contributed by atoms with Crippen LogP contribution >= 0.6 is 11.3 Å². The largest absolute Gasteiger partial charge is 0.379 e. The van der Waals surface area contributed by atoms with E-state index in [1.807, 2.05) is 5.38 Å². The predicted octanol–water partition coefficient (Wildman–Crippen LogP) is 1.24. The highest BCUT2D eigenvalue weighted by atomic mass is 32.1. The van der Waals surface area contributed by atoms with Crippen molar-refractivity contribution in [2.45, 2.75) is 25.5 Å². The molecule has 1 atom stereocenters. The van der Waals surface area contributed by atoms with Crippen molar-refractivity contribution in [2.75, 3.05) is 58.1 Å². The number of nitrogens with one attached hydrogen (secondary N) is 1. The van der Waals surface area contributed by atoms with E-state index in [9.17, 15) is 0 Å². The van der Waals surface area contributed by atoms with Crippen LogP contribution in [0, 0.1) is 0 Å². The van der Waals surface area contributed by atoms with Crippen LogP contribution < -0.4 is 11.1 Å². The third-order valence-electron chi connectivity index (χ3n) is 3.30. The molecule has 2 heterocycles. The Kier molecular flexibility index (Phi) is 9.46. The second kappa shape index (κ2) is 11.7. The first-order valence-corrected chi connectivity index (χ1v) is 8.98. The molecule has 0 bridgehead atoms. The molecular weight excluding hydrogens is 318 g/mol. The summed E-state index contributed by atoms with van der Waals surface area (Å²) in [6.45, 7) is 5.50. The van der Waals surface area contributed by atoms with Crippen LogP contribution in [0.4, 0.5) is 5.13 Å². The van der Waals surface area contributed by atoms with Gasteiger partial charge in [0.2, 0.25) is 0 Å². The lowest BCUT2D eigenvalue weighted by Crippen LogP contribution is -2.29. The quantitative estimate of drug-likeness (QED) is 0.551. The van der Waals surface area contributed by atoms with Crippen molar-refractivity contribution in [1.29, 1.82) is 0 Å². The van der Waals surface area contributed by atoms with Crippen LogP contribution in [0.1, 0.15) is 18.5 Å². The van der Waals surface area contributed by atoms with Crippen LogP contribution in [0.25, 0.3) is 0 Å². The molecule has 1 unspecified atom stereocenters. The van der Waals surface area contributed by atoms with Crippen molar-refractivity contribution in [3.05, 3.63) is 11.1 Å². The van der Waals surface area contributed by atoms with Crippen LogP contribution in [-0.4, -0.2) is 63.8 Å². The Morgan fingerprint density at radius 2 is 2.00 bits per heavy atom. The summed E-state index contributed by atoms with van der Waals surface area (Å²) >= 11 is 1.61. The van der Waals surface area contributed by atoms with Crippen LogP contribution in [0.3, 0.4) is 0 Å². The van der Waals surface area contributed by atoms with E-state index >= 15 is 0 Å². The lowest BCUT2D eigenvalue weighted by molar-refractivity contribution is 0.0114. The van der Waals surface area contributed by atoms with E-state index in [-0.39, 0.29) is 0 Å². The third-order valence-corrected chi connectivity index (χ3v) is 4.12. The Morgan fingerprint density at radius 3 is 2.74 bits per heavy atom. The van der Waals surface area contributed by atoms with Crippen molar-refractivity contribution in [2.24, 2.45) is 5.73 Å².